The van der Waals surface area contributed by atoms with Gasteiger partial charge in [0.15, 0.2) is 0 Å². The summed E-state index contributed by atoms with van der Waals surface area (Å²) in [6, 6.07) is 5.76. The highest BCUT2D eigenvalue weighted by Gasteiger charge is 2.44. The summed E-state index contributed by atoms with van der Waals surface area (Å²) in [5.41, 5.74) is 6.91. The number of hydrogen-bond acceptors (Lipinski definition) is 3. The van der Waals surface area contributed by atoms with Gasteiger partial charge in [0.05, 0.1) is 11.1 Å². The molecule has 0 saturated heterocycles. The molecular formula is C24H33ClN2O2. The molecule has 0 amide bonds. The van der Waals surface area contributed by atoms with Crippen LogP contribution in [0.4, 0.5) is 0 Å². The molecular weight excluding hydrogens is 384 g/mol. The molecule has 1 aromatic heterocycles. The number of halogens is 1. The zero-order chi connectivity index (χ0) is 20.6. The Morgan fingerprint density at radius 3 is 2.62 bits per heavy atom. The average molecular weight is 417 g/mol. The van der Waals surface area contributed by atoms with Crippen molar-refractivity contribution >= 4 is 22.4 Å². The van der Waals surface area contributed by atoms with Crippen LogP contribution in [0, 0.1) is 17.3 Å². The van der Waals surface area contributed by atoms with E-state index in [4.69, 9.17) is 22.1 Å². The summed E-state index contributed by atoms with van der Waals surface area (Å²) in [6.07, 6.45) is 11.3. The van der Waals surface area contributed by atoms with Gasteiger partial charge in [-0.2, -0.15) is 0 Å². The Balaban J connectivity index is 1.46. The first-order valence-corrected chi connectivity index (χ1v) is 11.5. The predicted octanol–water partition coefficient (Wildman–Crippen LogP) is 5.66. The van der Waals surface area contributed by atoms with Crippen molar-refractivity contribution in [2.45, 2.75) is 77.4 Å². The molecule has 0 aliphatic heterocycles. The second-order valence-electron chi connectivity index (χ2n) is 9.74. The van der Waals surface area contributed by atoms with Crippen LogP contribution < -0.4 is 16.0 Å². The molecule has 1 atom stereocenters. The first kappa shape index (κ1) is 20.7. The Morgan fingerprint density at radius 1 is 1.24 bits per heavy atom. The fraction of sp³-hybridized carbons (Fsp3) is 0.625. The number of nitrogens with two attached hydrogens (primary N) is 1. The van der Waals surface area contributed by atoms with Gasteiger partial charge >= 0.3 is 0 Å². The molecule has 5 heteroatoms. The maximum absolute atomic E-state index is 12.0. The largest absolute Gasteiger partial charge is 0.489 e. The second-order valence-corrected chi connectivity index (χ2v) is 10.1. The number of benzene rings is 1. The summed E-state index contributed by atoms with van der Waals surface area (Å²) in [4.78, 5) is 14.7. The van der Waals surface area contributed by atoms with Crippen LogP contribution in [-0.4, -0.2) is 17.1 Å². The molecule has 2 saturated carbocycles. The van der Waals surface area contributed by atoms with Crippen molar-refractivity contribution in [1.29, 1.82) is 0 Å². The Bertz CT molecular complexity index is 911. The summed E-state index contributed by atoms with van der Waals surface area (Å²) >= 11 is 6.44. The van der Waals surface area contributed by atoms with Crippen molar-refractivity contribution in [2.24, 2.45) is 23.0 Å². The first-order valence-electron chi connectivity index (χ1n) is 11.1. The summed E-state index contributed by atoms with van der Waals surface area (Å²) in [5, 5.41) is 1.95. The van der Waals surface area contributed by atoms with E-state index in [-0.39, 0.29) is 23.1 Å². The van der Waals surface area contributed by atoms with Crippen molar-refractivity contribution in [3.63, 3.8) is 0 Å². The Morgan fingerprint density at radius 2 is 1.97 bits per heavy atom. The highest BCUT2D eigenvalue weighted by molar-refractivity contribution is 6.32. The number of ether oxygens (including phenoxy) is 1. The highest BCUT2D eigenvalue weighted by atomic mass is 35.5. The molecule has 2 aliphatic rings. The summed E-state index contributed by atoms with van der Waals surface area (Å²) in [6.45, 7) is 4.54. The second kappa shape index (κ2) is 8.31. The van der Waals surface area contributed by atoms with E-state index in [1.54, 1.807) is 12.3 Å². The van der Waals surface area contributed by atoms with Gasteiger partial charge in [0, 0.05) is 17.6 Å². The van der Waals surface area contributed by atoms with E-state index in [0.717, 1.165) is 43.4 Å². The standard InChI is InChI=1S/C24H33ClN2O2/c1-15(2)11-22(26)24(14-16-3-4-16)8-5-18(6-9-24)29-21-12-17-7-10-27-23(28)19(17)13-20(21)25/h7,10,12-13,15-16,18,22H,3-6,8-9,11,14,26H2,1-2H3,(H,27,28)/t18-,22-,24-/m0/s1. The van der Waals surface area contributed by atoms with Crippen LogP contribution in [0.3, 0.4) is 0 Å². The van der Waals surface area contributed by atoms with Crippen molar-refractivity contribution in [3.8, 4) is 5.75 Å². The third-order valence-corrected chi connectivity index (χ3v) is 7.25. The van der Waals surface area contributed by atoms with E-state index in [9.17, 15) is 4.79 Å². The monoisotopic (exact) mass is 416 g/mol. The van der Waals surface area contributed by atoms with Crippen molar-refractivity contribution in [2.75, 3.05) is 0 Å². The fourth-order valence-corrected chi connectivity index (χ4v) is 5.33. The molecule has 29 heavy (non-hydrogen) atoms. The van der Waals surface area contributed by atoms with Gasteiger partial charge in [-0.15, -0.1) is 0 Å². The fourth-order valence-electron chi connectivity index (χ4n) is 5.12. The number of aromatic nitrogens is 1. The lowest BCUT2D eigenvalue weighted by molar-refractivity contribution is 0.0451. The number of pyridine rings is 1. The maximum Gasteiger partial charge on any atom is 0.255 e. The van der Waals surface area contributed by atoms with E-state index in [1.807, 2.05) is 12.1 Å². The molecule has 0 spiro atoms. The molecule has 3 N–H and O–H groups in total. The molecule has 2 aromatic rings. The molecule has 4 rings (SSSR count). The van der Waals surface area contributed by atoms with Gasteiger partial charge in [0.25, 0.3) is 5.56 Å². The number of H-pyrrole nitrogens is 1. The Labute approximate surface area is 178 Å². The third kappa shape index (κ3) is 4.64. The molecule has 0 unspecified atom stereocenters. The number of fused-ring (bicyclic) bond motifs is 1. The number of nitrogens with one attached hydrogen (secondary N) is 1. The molecule has 2 fully saturated rings. The van der Waals surface area contributed by atoms with Crippen molar-refractivity contribution in [3.05, 3.63) is 39.8 Å². The van der Waals surface area contributed by atoms with E-state index in [2.05, 4.69) is 18.8 Å². The minimum absolute atomic E-state index is 0.127. The number of hydrogen-bond donors (Lipinski definition) is 2. The summed E-state index contributed by atoms with van der Waals surface area (Å²) in [7, 11) is 0. The van der Waals surface area contributed by atoms with E-state index in [1.165, 1.54) is 19.3 Å². The van der Waals surface area contributed by atoms with Crippen LogP contribution in [0.2, 0.25) is 5.02 Å². The number of aromatic amines is 1. The minimum Gasteiger partial charge on any atom is -0.489 e. The van der Waals surface area contributed by atoms with E-state index in [0.29, 0.717) is 22.1 Å². The topological polar surface area (TPSA) is 68.1 Å². The van der Waals surface area contributed by atoms with E-state index < -0.39 is 0 Å². The first-order chi connectivity index (χ1) is 13.9. The maximum atomic E-state index is 12.0. The van der Waals surface area contributed by atoms with Crippen LogP contribution in [0.15, 0.2) is 29.2 Å². The molecule has 4 nitrogen and oxygen atoms in total. The molecule has 0 bridgehead atoms. The molecule has 1 aromatic carbocycles. The molecule has 1 heterocycles. The quantitative estimate of drug-likeness (QED) is 0.611. The van der Waals surface area contributed by atoms with Crippen LogP contribution in [0.1, 0.15) is 65.2 Å². The molecule has 2 aliphatic carbocycles. The van der Waals surface area contributed by atoms with Crippen molar-refractivity contribution in [1.82, 2.24) is 4.98 Å². The Kier molecular flexibility index (Phi) is 5.94. The predicted molar refractivity (Wildman–Crippen MR) is 120 cm³/mol. The van der Waals surface area contributed by atoms with Gasteiger partial charge in [-0.25, -0.2) is 0 Å². The summed E-state index contributed by atoms with van der Waals surface area (Å²) < 4.78 is 6.32. The lowest BCUT2D eigenvalue weighted by atomic mass is 9.64. The van der Waals surface area contributed by atoms with Crippen LogP contribution in [0.5, 0.6) is 5.75 Å². The van der Waals surface area contributed by atoms with Gasteiger partial charge in [-0.05, 0) is 79.4 Å². The molecule has 0 radical (unpaired) electrons. The van der Waals surface area contributed by atoms with Gasteiger partial charge in [0.2, 0.25) is 0 Å². The lowest BCUT2D eigenvalue weighted by Gasteiger charge is -2.45. The summed E-state index contributed by atoms with van der Waals surface area (Å²) in [5.74, 6) is 2.20. The average Bonchev–Trinajstić information content (AvgIpc) is 3.48. The highest BCUT2D eigenvalue weighted by Crippen LogP contribution is 2.50. The SMILES string of the molecule is CC(C)C[C@H](N)[C@]1(CC2CC2)CC[C@@H](Oc2cc3cc[nH]c(=O)c3cc2Cl)CC1. The smallest absolute Gasteiger partial charge is 0.255 e. The van der Waals surface area contributed by atoms with Gasteiger partial charge in [-0.3, -0.25) is 4.79 Å². The van der Waals surface area contributed by atoms with Crippen LogP contribution >= 0.6 is 11.6 Å². The van der Waals surface area contributed by atoms with E-state index >= 15 is 0 Å². The zero-order valence-corrected chi connectivity index (χ0v) is 18.3. The van der Waals surface area contributed by atoms with Crippen LogP contribution in [-0.2, 0) is 0 Å². The zero-order valence-electron chi connectivity index (χ0n) is 17.5. The van der Waals surface area contributed by atoms with Crippen molar-refractivity contribution < 1.29 is 4.74 Å². The minimum atomic E-state index is -0.127. The molecule has 158 valence electrons. The normalized spacial score (nSPS) is 26.0. The van der Waals surface area contributed by atoms with Crippen LogP contribution in [0.25, 0.3) is 10.8 Å². The van der Waals surface area contributed by atoms with Gasteiger partial charge in [-0.1, -0.05) is 38.3 Å². The van der Waals surface area contributed by atoms with Gasteiger partial charge < -0.3 is 15.5 Å². The number of rotatable bonds is 7. The van der Waals surface area contributed by atoms with Gasteiger partial charge in [0.1, 0.15) is 5.75 Å². The third-order valence-electron chi connectivity index (χ3n) is 6.95. The lowest BCUT2D eigenvalue weighted by Crippen LogP contribution is -2.46. The Hall–Kier alpha value is -1.52.